The van der Waals surface area contributed by atoms with Crippen LogP contribution in [-0.2, 0) is 13.5 Å². The quantitative estimate of drug-likeness (QED) is 0.854. The van der Waals surface area contributed by atoms with E-state index >= 15 is 0 Å². The molecule has 1 N–H and O–H groups in total. The second-order valence-electron chi connectivity index (χ2n) is 4.32. The Hall–Kier alpha value is -1.81. The van der Waals surface area contributed by atoms with Gasteiger partial charge in [-0.3, -0.25) is 4.79 Å². The van der Waals surface area contributed by atoms with Crippen LogP contribution < -0.4 is 10.9 Å². The highest BCUT2D eigenvalue weighted by atomic mass is 35.5. The zero-order valence-electron chi connectivity index (χ0n) is 10.8. The molecule has 0 fully saturated rings. The Morgan fingerprint density at radius 3 is 2.79 bits per heavy atom. The van der Waals surface area contributed by atoms with Crippen molar-refractivity contribution in [2.75, 3.05) is 11.9 Å². The molecule has 1 aromatic heterocycles. The summed E-state index contributed by atoms with van der Waals surface area (Å²) in [5.74, 6) is 0. The lowest BCUT2D eigenvalue weighted by Crippen LogP contribution is -2.21. The Labute approximate surface area is 117 Å². The molecule has 0 bridgehead atoms. The second kappa shape index (κ2) is 6.38. The fraction of sp³-hybridized carbons (Fsp3) is 0.286. The topological polar surface area (TPSA) is 46.9 Å². The molecule has 0 aliphatic heterocycles. The maximum absolute atomic E-state index is 11.6. The monoisotopic (exact) mass is 277 g/mol. The number of hydrogen-bond acceptors (Lipinski definition) is 3. The van der Waals surface area contributed by atoms with Crippen LogP contribution in [0.5, 0.6) is 0 Å². The van der Waals surface area contributed by atoms with Gasteiger partial charge < -0.3 is 5.32 Å². The van der Waals surface area contributed by atoms with Gasteiger partial charge in [0, 0.05) is 13.6 Å². The fourth-order valence-corrected chi connectivity index (χ4v) is 2.03. The van der Waals surface area contributed by atoms with Gasteiger partial charge in [0.15, 0.2) is 0 Å². The molecule has 100 valence electrons. The van der Waals surface area contributed by atoms with Crippen LogP contribution in [-0.4, -0.2) is 16.3 Å². The van der Waals surface area contributed by atoms with Gasteiger partial charge in [-0.2, -0.15) is 5.10 Å². The summed E-state index contributed by atoms with van der Waals surface area (Å²) in [5, 5.41) is 7.27. The Morgan fingerprint density at radius 2 is 2.05 bits per heavy atom. The van der Waals surface area contributed by atoms with E-state index in [9.17, 15) is 4.79 Å². The smallest absolute Gasteiger partial charge is 0.287 e. The van der Waals surface area contributed by atoms with Gasteiger partial charge in [0.2, 0.25) is 0 Å². The van der Waals surface area contributed by atoms with Crippen LogP contribution in [0.3, 0.4) is 0 Å². The van der Waals surface area contributed by atoms with Crippen LogP contribution >= 0.6 is 11.6 Å². The second-order valence-corrected chi connectivity index (χ2v) is 4.69. The molecule has 2 aromatic rings. The molecule has 4 nitrogen and oxygen atoms in total. The number of aromatic nitrogens is 2. The normalized spacial score (nSPS) is 10.4. The summed E-state index contributed by atoms with van der Waals surface area (Å²) >= 11 is 5.96. The number of anilines is 1. The SMILES string of the molecule is Cn1ncc(NCCCc2ccccc2)c(Cl)c1=O. The van der Waals surface area contributed by atoms with Crippen molar-refractivity contribution in [1.82, 2.24) is 9.78 Å². The van der Waals surface area contributed by atoms with Gasteiger partial charge in [0.05, 0.1) is 11.9 Å². The average molecular weight is 278 g/mol. The summed E-state index contributed by atoms with van der Waals surface area (Å²) in [4.78, 5) is 11.6. The van der Waals surface area contributed by atoms with E-state index < -0.39 is 0 Å². The summed E-state index contributed by atoms with van der Waals surface area (Å²) in [5.41, 5.74) is 1.62. The lowest BCUT2D eigenvalue weighted by molar-refractivity contribution is 0.707. The van der Waals surface area contributed by atoms with Crippen LogP contribution in [0.1, 0.15) is 12.0 Å². The predicted octanol–water partition coefficient (Wildman–Crippen LogP) is 2.48. The summed E-state index contributed by atoms with van der Waals surface area (Å²) in [6.45, 7) is 0.753. The van der Waals surface area contributed by atoms with E-state index in [0.717, 1.165) is 19.4 Å². The van der Waals surface area contributed by atoms with Crippen molar-refractivity contribution in [3.05, 3.63) is 57.5 Å². The van der Waals surface area contributed by atoms with E-state index in [-0.39, 0.29) is 10.6 Å². The van der Waals surface area contributed by atoms with Crippen LogP contribution in [0.2, 0.25) is 5.02 Å². The van der Waals surface area contributed by atoms with Crippen molar-refractivity contribution in [1.29, 1.82) is 0 Å². The van der Waals surface area contributed by atoms with Crippen LogP contribution in [0.15, 0.2) is 41.3 Å². The Kier molecular flexibility index (Phi) is 4.58. The van der Waals surface area contributed by atoms with Crippen molar-refractivity contribution in [2.24, 2.45) is 7.05 Å². The van der Waals surface area contributed by atoms with E-state index in [4.69, 9.17) is 11.6 Å². The first-order valence-electron chi connectivity index (χ1n) is 6.18. The van der Waals surface area contributed by atoms with Crippen molar-refractivity contribution >= 4 is 17.3 Å². The highest BCUT2D eigenvalue weighted by Crippen LogP contribution is 2.14. The third-order valence-electron chi connectivity index (χ3n) is 2.88. The van der Waals surface area contributed by atoms with Crippen LogP contribution in [0.25, 0.3) is 0 Å². The molecule has 1 aromatic carbocycles. The molecule has 0 unspecified atom stereocenters. The van der Waals surface area contributed by atoms with Gasteiger partial charge in [0.1, 0.15) is 5.02 Å². The summed E-state index contributed by atoms with van der Waals surface area (Å²) in [6, 6.07) is 10.3. The first-order valence-corrected chi connectivity index (χ1v) is 6.56. The van der Waals surface area contributed by atoms with Gasteiger partial charge in [0.25, 0.3) is 5.56 Å². The van der Waals surface area contributed by atoms with E-state index in [0.29, 0.717) is 5.69 Å². The maximum Gasteiger partial charge on any atom is 0.287 e. The molecule has 0 aliphatic rings. The molecule has 0 spiro atoms. The van der Waals surface area contributed by atoms with Crippen molar-refractivity contribution in [3.8, 4) is 0 Å². The highest BCUT2D eigenvalue weighted by Gasteiger charge is 2.06. The zero-order chi connectivity index (χ0) is 13.7. The lowest BCUT2D eigenvalue weighted by Gasteiger charge is -2.08. The molecule has 0 atom stereocenters. The van der Waals surface area contributed by atoms with Crippen molar-refractivity contribution in [2.45, 2.75) is 12.8 Å². The third kappa shape index (κ3) is 3.58. The number of aryl methyl sites for hydroxylation is 2. The number of nitrogens with one attached hydrogen (secondary N) is 1. The first kappa shape index (κ1) is 13.6. The number of nitrogens with zero attached hydrogens (tertiary/aromatic N) is 2. The van der Waals surface area contributed by atoms with Crippen molar-refractivity contribution in [3.63, 3.8) is 0 Å². The first-order chi connectivity index (χ1) is 9.18. The van der Waals surface area contributed by atoms with E-state index in [1.807, 2.05) is 18.2 Å². The van der Waals surface area contributed by atoms with E-state index in [1.54, 1.807) is 13.2 Å². The lowest BCUT2D eigenvalue weighted by atomic mass is 10.1. The largest absolute Gasteiger partial charge is 0.382 e. The van der Waals surface area contributed by atoms with Gasteiger partial charge in [-0.05, 0) is 18.4 Å². The summed E-state index contributed by atoms with van der Waals surface area (Å²) in [6.07, 6.45) is 3.53. The maximum atomic E-state index is 11.6. The van der Waals surface area contributed by atoms with E-state index in [2.05, 4.69) is 22.5 Å². The minimum absolute atomic E-state index is 0.192. The minimum atomic E-state index is -0.283. The zero-order valence-corrected chi connectivity index (χ0v) is 11.5. The Balaban J connectivity index is 1.87. The highest BCUT2D eigenvalue weighted by molar-refractivity contribution is 6.32. The van der Waals surface area contributed by atoms with Crippen molar-refractivity contribution < 1.29 is 0 Å². The third-order valence-corrected chi connectivity index (χ3v) is 3.24. The number of rotatable bonds is 5. The molecule has 19 heavy (non-hydrogen) atoms. The van der Waals surface area contributed by atoms with Gasteiger partial charge in [-0.15, -0.1) is 0 Å². The van der Waals surface area contributed by atoms with Gasteiger partial charge in [-0.25, -0.2) is 4.68 Å². The molecule has 1 heterocycles. The molecular formula is C14H16ClN3O. The van der Waals surface area contributed by atoms with Gasteiger partial charge >= 0.3 is 0 Å². The number of hydrogen-bond donors (Lipinski definition) is 1. The Bertz CT molecular complexity index is 595. The molecule has 0 aliphatic carbocycles. The molecule has 2 rings (SSSR count). The standard InChI is InChI=1S/C14H16ClN3O/c1-18-14(19)13(15)12(10-17-18)16-9-5-8-11-6-3-2-4-7-11/h2-4,6-7,10,16H,5,8-9H2,1H3. The molecule has 5 heteroatoms. The number of benzene rings is 1. The van der Waals surface area contributed by atoms with E-state index in [1.165, 1.54) is 10.2 Å². The van der Waals surface area contributed by atoms with Crippen LogP contribution in [0, 0.1) is 0 Å². The molecule has 0 radical (unpaired) electrons. The summed E-state index contributed by atoms with van der Waals surface area (Å²) in [7, 11) is 1.58. The molecular weight excluding hydrogens is 262 g/mol. The number of halogens is 1. The minimum Gasteiger partial charge on any atom is -0.382 e. The molecule has 0 amide bonds. The van der Waals surface area contributed by atoms with Gasteiger partial charge in [-0.1, -0.05) is 41.9 Å². The van der Waals surface area contributed by atoms with Crippen LogP contribution in [0.4, 0.5) is 5.69 Å². The summed E-state index contributed by atoms with van der Waals surface area (Å²) < 4.78 is 1.22. The fourth-order valence-electron chi connectivity index (χ4n) is 1.79. The molecule has 0 saturated carbocycles. The Morgan fingerprint density at radius 1 is 1.32 bits per heavy atom. The molecule has 0 saturated heterocycles. The average Bonchev–Trinajstić information content (AvgIpc) is 2.44. The predicted molar refractivity (Wildman–Crippen MR) is 77.7 cm³/mol.